The van der Waals surface area contributed by atoms with Crippen molar-refractivity contribution in [3.05, 3.63) is 41.7 Å². The zero-order chi connectivity index (χ0) is 13.1. The maximum absolute atomic E-state index is 10.9. The number of hydrogen-bond donors (Lipinski definition) is 2. The van der Waals surface area contributed by atoms with Gasteiger partial charge in [-0.1, -0.05) is 17.7 Å². The number of amides is 1. The van der Waals surface area contributed by atoms with E-state index in [4.69, 9.17) is 22.2 Å². The number of hydrogen-bond acceptors (Lipinski definition) is 5. The minimum absolute atomic E-state index is 0.536. The van der Waals surface area contributed by atoms with Crippen molar-refractivity contribution in [2.24, 2.45) is 5.73 Å². The highest BCUT2D eigenvalue weighted by molar-refractivity contribution is 6.30. The fourth-order valence-electron chi connectivity index (χ4n) is 1.35. The van der Waals surface area contributed by atoms with Gasteiger partial charge < -0.3 is 5.73 Å². The molecule has 18 heavy (non-hydrogen) atoms. The minimum atomic E-state index is -0.721. The van der Waals surface area contributed by atoms with E-state index in [9.17, 15) is 4.79 Å². The molecule has 1 aliphatic rings. The van der Waals surface area contributed by atoms with E-state index in [1.807, 2.05) is 12.1 Å². The summed E-state index contributed by atoms with van der Waals surface area (Å²) in [5, 5.41) is 3.63. The minimum Gasteiger partial charge on any atom is -0.367 e. The molecule has 0 fully saturated rings. The molecule has 0 saturated carbocycles. The Hall–Kier alpha value is -1.76. The van der Waals surface area contributed by atoms with E-state index in [2.05, 4.69) is 5.53 Å². The molecule has 0 aliphatic carbocycles. The smallest absolute Gasteiger partial charge is 0.249 e. The Labute approximate surface area is 109 Å². The van der Waals surface area contributed by atoms with Crippen molar-refractivity contribution in [1.82, 2.24) is 10.7 Å². The molecule has 0 saturated heterocycles. The molecule has 1 aromatic rings. The van der Waals surface area contributed by atoms with Gasteiger partial charge in [-0.05, 0) is 25.1 Å². The number of nitrogens with zero attached hydrogens (tertiary/aromatic N) is 2. The molecule has 7 heteroatoms. The maximum atomic E-state index is 10.9. The number of benzene rings is 1. The molecule has 2 rings (SSSR count). The number of carbonyl (C=O) groups excluding carboxylic acids is 1. The molecule has 1 aliphatic heterocycles. The quantitative estimate of drug-likeness (QED) is 0.857. The van der Waals surface area contributed by atoms with Crippen molar-refractivity contribution < 1.29 is 9.63 Å². The van der Waals surface area contributed by atoms with Crippen molar-refractivity contribution in [2.45, 2.75) is 13.0 Å². The highest BCUT2D eigenvalue weighted by Gasteiger charge is 2.18. The van der Waals surface area contributed by atoms with Gasteiger partial charge in [-0.3, -0.25) is 9.80 Å². The van der Waals surface area contributed by atoms with Crippen LogP contribution in [0.25, 0.3) is 0 Å². The monoisotopic (exact) mass is 268 g/mol. The average molecular weight is 269 g/mol. The van der Waals surface area contributed by atoms with E-state index < -0.39 is 12.0 Å². The predicted molar refractivity (Wildman–Crippen MR) is 67.8 cm³/mol. The lowest BCUT2D eigenvalue weighted by Crippen LogP contribution is -2.43. The maximum Gasteiger partial charge on any atom is 0.249 e. The van der Waals surface area contributed by atoms with E-state index in [0.717, 1.165) is 5.69 Å². The molecule has 3 N–H and O–H groups in total. The highest BCUT2D eigenvalue weighted by Crippen LogP contribution is 2.20. The second kappa shape index (κ2) is 5.26. The van der Waals surface area contributed by atoms with Gasteiger partial charge in [-0.15, -0.1) is 5.53 Å². The third-order valence-corrected chi connectivity index (χ3v) is 2.55. The number of anilines is 1. The van der Waals surface area contributed by atoms with Crippen LogP contribution in [0.5, 0.6) is 0 Å². The molecular formula is C11H13ClN4O2. The highest BCUT2D eigenvalue weighted by atomic mass is 35.5. The third kappa shape index (κ3) is 2.92. The Bertz CT molecular complexity index is 480. The molecule has 96 valence electrons. The molecule has 1 unspecified atom stereocenters. The van der Waals surface area contributed by atoms with Gasteiger partial charge in [-0.2, -0.15) is 5.17 Å². The molecular weight excluding hydrogens is 256 g/mol. The number of carbonyl (C=O) groups is 1. The first-order valence-corrected chi connectivity index (χ1v) is 5.69. The zero-order valence-corrected chi connectivity index (χ0v) is 10.5. The SMILES string of the molecule is CC(ON1C=CN(c2cccc(Cl)c2)N1)C(N)=O. The van der Waals surface area contributed by atoms with Crippen molar-refractivity contribution in [2.75, 3.05) is 5.01 Å². The van der Waals surface area contributed by atoms with Crippen LogP contribution in [0.4, 0.5) is 5.69 Å². The lowest BCUT2D eigenvalue weighted by molar-refractivity contribution is -0.189. The van der Waals surface area contributed by atoms with Crippen LogP contribution in [0.3, 0.4) is 0 Å². The molecule has 1 amide bonds. The summed E-state index contributed by atoms with van der Waals surface area (Å²) >= 11 is 5.90. The van der Waals surface area contributed by atoms with E-state index in [1.54, 1.807) is 36.5 Å². The van der Waals surface area contributed by atoms with Gasteiger partial charge in [0.05, 0.1) is 11.9 Å². The number of nitrogens with two attached hydrogens (primary N) is 1. The molecule has 0 spiro atoms. The molecule has 1 atom stereocenters. The van der Waals surface area contributed by atoms with Gasteiger partial charge in [0.15, 0.2) is 6.10 Å². The summed E-state index contributed by atoms with van der Waals surface area (Å²) in [4.78, 5) is 16.1. The second-order valence-corrected chi connectivity index (χ2v) is 4.16. The summed E-state index contributed by atoms with van der Waals surface area (Å²) in [7, 11) is 0. The Morgan fingerprint density at radius 1 is 1.50 bits per heavy atom. The van der Waals surface area contributed by atoms with E-state index in [1.165, 1.54) is 5.17 Å². The number of hydrazine groups is 2. The first-order valence-electron chi connectivity index (χ1n) is 5.31. The van der Waals surface area contributed by atoms with Gasteiger partial charge in [0.1, 0.15) is 0 Å². The fraction of sp³-hybridized carbons (Fsp3) is 0.182. The van der Waals surface area contributed by atoms with Crippen molar-refractivity contribution >= 4 is 23.2 Å². The number of primary amides is 1. The van der Waals surface area contributed by atoms with Crippen LogP contribution in [-0.2, 0) is 9.63 Å². The van der Waals surface area contributed by atoms with Crippen LogP contribution in [0.15, 0.2) is 36.7 Å². The molecule has 0 bridgehead atoms. The van der Waals surface area contributed by atoms with Crippen LogP contribution in [0.1, 0.15) is 6.92 Å². The van der Waals surface area contributed by atoms with Gasteiger partial charge in [0.25, 0.3) is 0 Å². The first-order chi connectivity index (χ1) is 8.56. The van der Waals surface area contributed by atoms with Crippen LogP contribution in [0.2, 0.25) is 5.02 Å². The van der Waals surface area contributed by atoms with E-state index in [0.29, 0.717) is 5.02 Å². The normalized spacial score (nSPS) is 16.1. The lowest BCUT2D eigenvalue weighted by atomic mass is 10.3. The number of nitrogens with one attached hydrogen (secondary N) is 1. The lowest BCUT2D eigenvalue weighted by Gasteiger charge is -2.23. The van der Waals surface area contributed by atoms with Gasteiger partial charge >= 0.3 is 0 Å². The van der Waals surface area contributed by atoms with E-state index in [-0.39, 0.29) is 0 Å². The van der Waals surface area contributed by atoms with Crippen LogP contribution >= 0.6 is 11.6 Å². The second-order valence-electron chi connectivity index (χ2n) is 3.72. The topological polar surface area (TPSA) is 70.8 Å². The van der Waals surface area contributed by atoms with Crippen LogP contribution in [0, 0.1) is 0 Å². The first kappa shape index (κ1) is 12.7. The van der Waals surface area contributed by atoms with E-state index >= 15 is 0 Å². The van der Waals surface area contributed by atoms with Crippen LogP contribution < -0.4 is 16.3 Å². The number of hydroxylamine groups is 1. The Morgan fingerprint density at radius 3 is 2.94 bits per heavy atom. The van der Waals surface area contributed by atoms with Gasteiger partial charge in [-0.25, -0.2) is 4.84 Å². The Kier molecular flexibility index (Phi) is 3.71. The summed E-state index contributed by atoms with van der Waals surface area (Å²) in [6.45, 7) is 1.57. The van der Waals surface area contributed by atoms with Crippen LogP contribution in [-0.4, -0.2) is 17.2 Å². The standard InChI is InChI=1S/C11H13ClN4O2/c1-8(11(13)17)18-16-6-5-15(14-16)10-4-2-3-9(12)7-10/h2-8,14H,1H3,(H2,13,17). The van der Waals surface area contributed by atoms with Crippen molar-refractivity contribution in [1.29, 1.82) is 0 Å². The number of rotatable bonds is 4. The summed E-state index contributed by atoms with van der Waals surface area (Å²) < 4.78 is 0. The number of halogens is 1. The Balaban J connectivity index is 1.97. The summed E-state index contributed by atoms with van der Waals surface area (Å²) in [6.07, 6.45) is 2.64. The zero-order valence-electron chi connectivity index (χ0n) is 9.71. The third-order valence-electron chi connectivity index (χ3n) is 2.32. The molecule has 0 radical (unpaired) electrons. The molecule has 6 nitrogen and oxygen atoms in total. The molecule has 1 aromatic carbocycles. The molecule has 1 heterocycles. The van der Waals surface area contributed by atoms with Crippen molar-refractivity contribution in [3.8, 4) is 0 Å². The summed E-state index contributed by atoms with van der Waals surface area (Å²) in [5.41, 5.74) is 8.84. The van der Waals surface area contributed by atoms with Crippen molar-refractivity contribution in [3.63, 3.8) is 0 Å². The average Bonchev–Trinajstić information content (AvgIpc) is 2.77. The largest absolute Gasteiger partial charge is 0.367 e. The summed E-state index contributed by atoms with van der Waals surface area (Å²) in [6, 6.07) is 7.29. The summed E-state index contributed by atoms with van der Waals surface area (Å²) in [5.74, 6) is -0.536. The molecule has 0 aromatic heterocycles. The fourth-order valence-corrected chi connectivity index (χ4v) is 1.54. The predicted octanol–water partition coefficient (Wildman–Crippen LogP) is 1.16. The Morgan fingerprint density at radius 2 is 2.28 bits per heavy atom. The van der Waals surface area contributed by atoms with Gasteiger partial charge in [0.2, 0.25) is 5.91 Å². The van der Waals surface area contributed by atoms with Gasteiger partial charge in [0, 0.05) is 11.2 Å².